The number of benzene rings is 3. The Hall–Kier alpha value is -4.55. The van der Waals surface area contributed by atoms with E-state index in [9.17, 15) is 19.5 Å². The van der Waals surface area contributed by atoms with Gasteiger partial charge in [-0.15, -0.1) is 11.8 Å². The van der Waals surface area contributed by atoms with Crippen LogP contribution >= 0.6 is 11.8 Å². The highest BCUT2D eigenvalue weighted by Gasteiger charge is 2.42. The van der Waals surface area contributed by atoms with Gasteiger partial charge in [-0.3, -0.25) is 9.59 Å². The van der Waals surface area contributed by atoms with Gasteiger partial charge in [0.15, 0.2) is 6.29 Å². The maximum atomic E-state index is 13.4. The van der Waals surface area contributed by atoms with E-state index in [0.717, 1.165) is 26.6 Å². The summed E-state index contributed by atoms with van der Waals surface area (Å²) in [7, 11) is 0. The van der Waals surface area contributed by atoms with Crippen molar-refractivity contribution in [2.75, 3.05) is 10.7 Å². The lowest BCUT2D eigenvalue weighted by molar-refractivity contribution is -0.268. The molecule has 11 heteroatoms. The third kappa shape index (κ3) is 7.71. The molecule has 3 aromatic carbocycles. The number of anilines is 1. The largest absolute Gasteiger partial charge is 0.445 e. The number of ether oxygens (including phenoxy) is 3. The molecule has 0 radical (unpaired) electrons. The number of imide groups is 1. The Bertz CT molecular complexity index is 1690. The summed E-state index contributed by atoms with van der Waals surface area (Å²) in [5.74, 6) is -0.388. The first kappa shape index (κ1) is 32.4. The lowest BCUT2D eigenvalue weighted by Gasteiger charge is -2.41. The lowest BCUT2D eigenvalue weighted by Crippen LogP contribution is -2.42. The quantitative estimate of drug-likeness (QED) is 0.163. The van der Waals surface area contributed by atoms with E-state index in [-0.39, 0.29) is 37.8 Å². The molecule has 2 saturated heterocycles. The molecule has 0 spiro atoms. The highest BCUT2D eigenvalue weighted by Crippen LogP contribution is 2.43. The average Bonchev–Trinajstić information content (AvgIpc) is 3.39. The molecule has 1 aromatic heterocycles. The van der Waals surface area contributed by atoms with Gasteiger partial charge in [0.2, 0.25) is 5.91 Å². The van der Waals surface area contributed by atoms with E-state index in [1.54, 1.807) is 36.2 Å². The van der Waals surface area contributed by atoms with Crippen molar-refractivity contribution < 1.29 is 33.7 Å². The van der Waals surface area contributed by atoms with Gasteiger partial charge in [-0.25, -0.2) is 14.7 Å². The predicted octanol–water partition coefficient (Wildman–Crippen LogP) is 5.72. The number of aliphatic hydroxyl groups excluding tert-OH is 1. The topological polar surface area (TPSA) is 127 Å². The Kier molecular flexibility index (Phi) is 10.3. The van der Waals surface area contributed by atoms with E-state index in [1.807, 2.05) is 78.9 Å². The van der Waals surface area contributed by atoms with Crippen LogP contribution in [-0.2, 0) is 37.0 Å². The number of thioether (sulfide) groups is 1. The molecule has 47 heavy (non-hydrogen) atoms. The first-order valence-electron chi connectivity index (χ1n) is 15.4. The smallest absolute Gasteiger partial charge is 0.408 e. The number of carbonyl (C=O) groups is 3. The molecule has 2 fully saturated rings. The lowest BCUT2D eigenvalue weighted by atomic mass is 9.91. The van der Waals surface area contributed by atoms with Gasteiger partial charge < -0.3 is 24.6 Å². The Morgan fingerprint density at radius 3 is 2.49 bits per heavy atom. The summed E-state index contributed by atoms with van der Waals surface area (Å²) >= 11 is 1.60. The van der Waals surface area contributed by atoms with E-state index >= 15 is 0 Å². The van der Waals surface area contributed by atoms with Crippen LogP contribution in [0.3, 0.4) is 0 Å². The molecule has 6 rings (SSSR count). The van der Waals surface area contributed by atoms with Crippen LogP contribution in [0.25, 0.3) is 0 Å². The molecule has 4 aromatic rings. The first-order valence-corrected chi connectivity index (χ1v) is 16.4. The number of hydrogen-bond donors (Lipinski definition) is 2. The molecule has 0 saturated carbocycles. The van der Waals surface area contributed by atoms with Crippen molar-refractivity contribution in [2.24, 2.45) is 5.92 Å². The molecule has 242 valence electrons. The van der Waals surface area contributed by atoms with Gasteiger partial charge >= 0.3 is 6.09 Å². The van der Waals surface area contributed by atoms with E-state index in [0.29, 0.717) is 17.0 Å². The summed E-state index contributed by atoms with van der Waals surface area (Å²) in [4.78, 5) is 44.4. The zero-order valence-corrected chi connectivity index (χ0v) is 26.5. The monoisotopic (exact) mass is 653 g/mol. The molecular weight excluding hydrogens is 618 g/mol. The Labute approximate surface area is 277 Å². The van der Waals surface area contributed by atoms with Gasteiger partial charge in [-0.1, -0.05) is 79.7 Å². The van der Waals surface area contributed by atoms with E-state index in [4.69, 9.17) is 14.2 Å². The summed E-state index contributed by atoms with van der Waals surface area (Å²) in [5.41, 5.74) is 3.55. The number of nitrogens with one attached hydrogen (secondary N) is 1. The molecule has 5 atom stereocenters. The molecule has 10 nitrogen and oxygen atoms in total. The summed E-state index contributed by atoms with van der Waals surface area (Å²) in [6, 6.07) is 28.5. The van der Waals surface area contributed by atoms with Crippen molar-refractivity contribution in [3.63, 3.8) is 0 Å². The molecule has 2 aliphatic rings. The zero-order chi connectivity index (χ0) is 32.8. The fourth-order valence-corrected chi connectivity index (χ4v) is 6.67. The fourth-order valence-electron chi connectivity index (χ4n) is 5.64. The summed E-state index contributed by atoms with van der Waals surface area (Å²) in [6.45, 7) is 2.07. The number of pyridine rings is 1. The first-order chi connectivity index (χ1) is 22.9. The third-order valence-corrected chi connectivity index (χ3v) is 9.24. The van der Waals surface area contributed by atoms with Crippen LogP contribution in [0.4, 0.5) is 10.5 Å². The van der Waals surface area contributed by atoms with Crippen LogP contribution in [0.2, 0.25) is 0 Å². The number of aliphatic hydroxyl groups is 1. The average molecular weight is 654 g/mol. The van der Waals surface area contributed by atoms with Crippen LogP contribution in [0.1, 0.15) is 48.0 Å². The summed E-state index contributed by atoms with van der Waals surface area (Å²) in [6.07, 6.45) is -0.553. The van der Waals surface area contributed by atoms with E-state index in [1.165, 1.54) is 0 Å². The predicted molar refractivity (Wildman–Crippen MR) is 175 cm³/mol. The molecule has 0 bridgehead atoms. The molecule has 0 aliphatic carbocycles. The van der Waals surface area contributed by atoms with Crippen LogP contribution in [0.15, 0.2) is 108 Å². The summed E-state index contributed by atoms with van der Waals surface area (Å²) < 4.78 is 18.4. The number of amides is 3. The Morgan fingerprint density at radius 1 is 0.957 bits per heavy atom. The van der Waals surface area contributed by atoms with Gasteiger partial charge in [-0.05, 0) is 41.0 Å². The van der Waals surface area contributed by atoms with Crippen molar-refractivity contribution in [1.29, 1.82) is 0 Å². The van der Waals surface area contributed by atoms with E-state index in [2.05, 4.69) is 17.2 Å². The van der Waals surface area contributed by atoms with Gasteiger partial charge in [0.05, 0.1) is 35.9 Å². The molecule has 2 N–H and O–H groups in total. The van der Waals surface area contributed by atoms with Crippen molar-refractivity contribution in [3.05, 3.63) is 126 Å². The number of aromatic nitrogens is 1. The van der Waals surface area contributed by atoms with Gasteiger partial charge in [-0.2, -0.15) is 0 Å². The van der Waals surface area contributed by atoms with Crippen LogP contribution in [-0.4, -0.2) is 45.9 Å². The van der Waals surface area contributed by atoms with Crippen molar-refractivity contribution in [3.8, 4) is 0 Å². The Morgan fingerprint density at radius 2 is 1.74 bits per heavy atom. The maximum Gasteiger partial charge on any atom is 0.408 e. The minimum Gasteiger partial charge on any atom is -0.445 e. The SMILES string of the molecule is C[C@@H]1[C@H](CSc2ccccn2)O[C@H](c2cccc(N3C(=O)CC(NC(=O)OCc4ccccc4)C3=O)c2)O[C@@H]1c1ccc(CO)cc1. The highest BCUT2D eigenvalue weighted by atomic mass is 32.2. The molecule has 3 amide bonds. The maximum absolute atomic E-state index is 13.4. The number of carbonyl (C=O) groups excluding carboxylic acids is 3. The molecular formula is C36H35N3O7S. The van der Waals surface area contributed by atoms with Crippen molar-refractivity contribution in [1.82, 2.24) is 10.3 Å². The standard InChI is InChI=1S/C36H35N3O7S/c1-23-30(22-47-31-12-5-6-17-37-31)45-35(46-33(23)26-15-13-24(20-40)14-16-26)27-10-7-11-28(18-27)39-32(41)19-29(34(39)42)38-36(43)44-21-25-8-3-2-4-9-25/h2-18,23,29-30,33,35,40H,19-22H2,1H3,(H,38,43)/t23-,29?,30+,33+,35+/m1/s1. The van der Waals surface area contributed by atoms with Gasteiger partial charge in [0.1, 0.15) is 12.6 Å². The highest BCUT2D eigenvalue weighted by molar-refractivity contribution is 7.99. The van der Waals surface area contributed by atoms with E-state index < -0.39 is 30.2 Å². The number of rotatable bonds is 10. The van der Waals surface area contributed by atoms with Crippen molar-refractivity contribution >= 4 is 35.4 Å². The number of nitrogens with zero attached hydrogens (tertiary/aromatic N) is 2. The fraction of sp³-hybridized carbons (Fsp3) is 0.278. The molecule has 1 unspecified atom stereocenters. The van der Waals surface area contributed by atoms with Crippen LogP contribution in [0.5, 0.6) is 0 Å². The molecule has 2 aliphatic heterocycles. The second kappa shape index (κ2) is 14.9. The second-order valence-corrected chi connectivity index (χ2v) is 12.5. The van der Waals surface area contributed by atoms with Crippen molar-refractivity contribution in [2.45, 2.75) is 56.1 Å². The van der Waals surface area contributed by atoms with Crippen LogP contribution in [0, 0.1) is 5.92 Å². The van der Waals surface area contributed by atoms with Gasteiger partial charge in [0.25, 0.3) is 5.91 Å². The normalized spacial score (nSPS) is 22.7. The second-order valence-electron chi connectivity index (χ2n) is 11.4. The third-order valence-electron chi connectivity index (χ3n) is 8.21. The zero-order valence-electron chi connectivity index (χ0n) is 25.7. The number of hydrogen-bond acceptors (Lipinski definition) is 9. The number of alkyl carbamates (subject to hydrolysis) is 1. The Balaban J connectivity index is 1.18. The minimum absolute atomic E-state index is 0.0270. The molecule has 3 heterocycles. The van der Waals surface area contributed by atoms with Gasteiger partial charge in [0, 0.05) is 23.4 Å². The summed E-state index contributed by atoms with van der Waals surface area (Å²) in [5, 5.41) is 13.0. The minimum atomic E-state index is -1.04. The van der Waals surface area contributed by atoms with Crippen LogP contribution < -0.4 is 10.2 Å².